The molecule has 5 nitrogen and oxygen atoms in total. The van der Waals surface area contributed by atoms with E-state index in [-0.39, 0.29) is 5.41 Å². The summed E-state index contributed by atoms with van der Waals surface area (Å²) in [4.78, 5) is 4.49. The quantitative estimate of drug-likeness (QED) is 0.909. The monoisotopic (exact) mass is 273 g/mol. The Hall–Kier alpha value is -1.49. The lowest BCUT2D eigenvalue weighted by Crippen LogP contribution is -2.41. The topological polar surface area (TPSA) is 55.1 Å². The van der Waals surface area contributed by atoms with Gasteiger partial charge in [0.2, 0.25) is 0 Å². The fraction of sp³-hybridized carbons (Fsp3) is 0.667. The Kier molecular flexibility index (Phi) is 3.24. The Morgan fingerprint density at radius 3 is 2.80 bits per heavy atom. The first-order valence-corrected chi connectivity index (χ1v) is 7.40. The van der Waals surface area contributed by atoms with Crippen molar-refractivity contribution in [1.29, 1.82) is 0 Å². The molecular weight excluding hydrogens is 250 g/mol. The summed E-state index contributed by atoms with van der Waals surface area (Å²) in [6.07, 6.45) is 2.48. The van der Waals surface area contributed by atoms with Crippen molar-refractivity contribution in [3.05, 3.63) is 23.3 Å². The van der Waals surface area contributed by atoms with Gasteiger partial charge in [0.15, 0.2) is 0 Å². The Morgan fingerprint density at radius 2 is 2.10 bits per heavy atom. The summed E-state index contributed by atoms with van der Waals surface area (Å²) in [6.45, 7) is 10.8. The molecule has 2 aromatic rings. The molecule has 0 amide bonds. The molecule has 1 aliphatic heterocycles. The molecule has 1 aliphatic rings. The maximum absolute atomic E-state index is 4.49. The van der Waals surface area contributed by atoms with Gasteiger partial charge in [0.1, 0.15) is 5.82 Å². The van der Waals surface area contributed by atoms with E-state index in [0.717, 1.165) is 30.3 Å². The molecular formula is C15H23N5. The maximum Gasteiger partial charge on any atom is 0.255 e. The fourth-order valence-corrected chi connectivity index (χ4v) is 3.30. The standard InChI is InChI=1S/C15H23N5/c1-10-8-11(2)20-13(18-19-14(20)17-10)15(3,4)12-6-5-7-16-9-12/h8,12,16H,5-7,9H2,1-4H3. The maximum atomic E-state index is 4.49. The number of nitrogens with one attached hydrogen (secondary N) is 1. The first kappa shape index (κ1) is 13.5. The lowest BCUT2D eigenvalue weighted by molar-refractivity contribution is 0.240. The second-order valence-electron chi connectivity index (χ2n) is 6.46. The second-order valence-corrected chi connectivity index (χ2v) is 6.46. The summed E-state index contributed by atoms with van der Waals surface area (Å²) in [6, 6.07) is 2.09. The number of fused-ring (bicyclic) bond motifs is 1. The molecule has 0 aliphatic carbocycles. The van der Waals surface area contributed by atoms with Crippen LogP contribution in [0.15, 0.2) is 6.07 Å². The van der Waals surface area contributed by atoms with Crippen molar-refractivity contribution in [3.8, 4) is 0 Å². The molecule has 0 bridgehead atoms. The van der Waals surface area contributed by atoms with Crippen molar-refractivity contribution >= 4 is 5.78 Å². The Balaban J connectivity index is 2.09. The predicted octanol–water partition coefficient (Wildman–Crippen LogP) is 2.02. The molecule has 1 unspecified atom stereocenters. The Labute approximate surface area is 119 Å². The van der Waals surface area contributed by atoms with Crippen LogP contribution in [-0.2, 0) is 5.41 Å². The number of aromatic nitrogens is 4. The van der Waals surface area contributed by atoms with Gasteiger partial charge < -0.3 is 5.32 Å². The molecule has 1 N–H and O–H groups in total. The third kappa shape index (κ3) is 2.10. The summed E-state index contributed by atoms with van der Waals surface area (Å²) < 4.78 is 2.11. The van der Waals surface area contributed by atoms with Crippen molar-refractivity contribution < 1.29 is 0 Å². The summed E-state index contributed by atoms with van der Waals surface area (Å²) in [5.74, 6) is 2.34. The van der Waals surface area contributed by atoms with E-state index in [2.05, 4.69) is 51.7 Å². The average molecular weight is 273 g/mol. The number of hydrogen-bond donors (Lipinski definition) is 1. The van der Waals surface area contributed by atoms with Gasteiger partial charge >= 0.3 is 0 Å². The summed E-state index contributed by atoms with van der Waals surface area (Å²) in [5.41, 5.74) is 2.14. The summed E-state index contributed by atoms with van der Waals surface area (Å²) >= 11 is 0. The van der Waals surface area contributed by atoms with Crippen molar-refractivity contribution in [2.75, 3.05) is 13.1 Å². The SMILES string of the molecule is Cc1cc(C)n2c(C(C)(C)C3CCCNC3)nnc2n1. The lowest BCUT2D eigenvalue weighted by Gasteiger charge is -2.36. The molecule has 0 saturated carbocycles. The van der Waals surface area contributed by atoms with Crippen LogP contribution in [0.25, 0.3) is 5.78 Å². The second kappa shape index (κ2) is 4.81. The minimum atomic E-state index is -0.00542. The molecule has 1 atom stereocenters. The van der Waals surface area contributed by atoms with E-state index in [1.807, 2.05) is 6.92 Å². The van der Waals surface area contributed by atoms with E-state index in [9.17, 15) is 0 Å². The van der Waals surface area contributed by atoms with Crippen LogP contribution in [0.5, 0.6) is 0 Å². The number of rotatable bonds is 2. The van der Waals surface area contributed by atoms with Crippen LogP contribution in [0, 0.1) is 19.8 Å². The lowest BCUT2D eigenvalue weighted by atomic mass is 9.74. The van der Waals surface area contributed by atoms with Crippen LogP contribution >= 0.6 is 0 Å². The first-order chi connectivity index (χ1) is 9.50. The highest BCUT2D eigenvalue weighted by atomic mass is 15.3. The molecule has 1 saturated heterocycles. The van der Waals surface area contributed by atoms with E-state index >= 15 is 0 Å². The molecule has 0 aromatic carbocycles. The molecule has 20 heavy (non-hydrogen) atoms. The number of hydrogen-bond acceptors (Lipinski definition) is 4. The van der Waals surface area contributed by atoms with Gasteiger partial charge in [0.05, 0.1) is 0 Å². The van der Waals surface area contributed by atoms with Crippen molar-refractivity contribution in [2.45, 2.75) is 46.0 Å². The molecule has 0 spiro atoms. The van der Waals surface area contributed by atoms with Gasteiger partial charge in [-0.2, -0.15) is 0 Å². The van der Waals surface area contributed by atoms with Gasteiger partial charge in [-0.1, -0.05) is 13.8 Å². The highest BCUT2D eigenvalue weighted by Gasteiger charge is 2.36. The zero-order chi connectivity index (χ0) is 14.3. The molecule has 0 radical (unpaired) electrons. The van der Waals surface area contributed by atoms with Crippen LogP contribution in [-0.4, -0.2) is 32.7 Å². The van der Waals surface area contributed by atoms with Crippen molar-refractivity contribution in [1.82, 2.24) is 24.9 Å². The van der Waals surface area contributed by atoms with E-state index in [4.69, 9.17) is 0 Å². The van der Waals surface area contributed by atoms with Crippen LogP contribution in [0.2, 0.25) is 0 Å². The van der Waals surface area contributed by atoms with Gasteiger partial charge in [-0.3, -0.25) is 4.40 Å². The third-order valence-corrected chi connectivity index (χ3v) is 4.59. The molecule has 108 valence electrons. The fourth-order valence-electron chi connectivity index (χ4n) is 3.30. The summed E-state index contributed by atoms with van der Waals surface area (Å²) in [7, 11) is 0. The van der Waals surface area contributed by atoms with Gasteiger partial charge in [0, 0.05) is 16.8 Å². The highest BCUT2D eigenvalue weighted by molar-refractivity contribution is 5.34. The van der Waals surface area contributed by atoms with E-state index in [1.165, 1.54) is 12.8 Å². The molecule has 5 heteroatoms. The highest BCUT2D eigenvalue weighted by Crippen LogP contribution is 2.34. The normalized spacial score (nSPS) is 20.5. The molecule has 3 heterocycles. The first-order valence-electron chi connectivity index (χ1n) is 7.40. The largest absolute Gasteiger partial charge is 0.316 e. The van der Waals surface area contributed by atoms with Gasteiger partial charge in [-0.25, -0.2) is 4.98 Å². The van der Waals surface area contributed by atoms with Crippen LogP contribution in [0.4, 0.5) is 0 Å². The number of piperidine rings is 1. The molecule has 3 rings (SSSR count). The molecule has 1 fully saturated rings. The van der Waals surface area contributed by atoms with E-state index in [1.54, 1.807) is 0 Å². The summed E-state index contributed by atoms with van der Waals surface area (Å²) in [5, 5.41) is 12.3. The van der Waals surface area contributed by atoms with Crippen molar-refractivity contribution in [2.24, 2.45) is 5.92 Å². The minimum Gasteiger partial charge on any atom is -0.316 e. The van der Waals surface area contributed by atoms with Gasteiger partial charge in [0.25, 0.3) is 5.78 Å². The predicted molar refractivity (Wildman–Crippen MR) is 78.9 cm³/mol. The zero-order valence-electron chi connectivity index (χ0n) is 12.8. The van der Waals surface area contributed by atoms with Crippen LogP contribution in [0.1, 0.15) is 43.9 Å². The zero-order valence-corrected chi connectivity index (χ0v) is 12.8. The van der Waals surface area contributed by atoms with Gasteiger partial charge in [-0.05, 0) is 51.8 Å². The minimum absolute atomic E-state index is 0.00542. The van der Waals surface area contributed by atoms with E-state index < -0.39 is 0 Å². The third-order valence-electron chi connectivity index (χ3n) is 4.59. The molecule has 2 aromatic heterocycles. The average Bonchev–Trinajstić information content (AvgIpc) is 2.84. The van der Waals surface area contributed by atoms with Crippen LogP contribution in [0.3, 0.4) is 0 Å². The van der Waals surface area contributed by atoms with Crippen molar-refractivity contribution in [3.63, 3.8) is 0 Å². The van der Waals surface area contributed by atoms with Crippen LogP contribution < -0.4 is 5.32 Å². The van der Waals surface area contributed by atoms with Gasteiger partial charge in [-0.15, -0.1) is 10.2 Å². The smallest absolute Gasteiger partial charge is 0.255 e. The number of nitrogens with zero attached hydrogens (tertiary/aromatic N) is 4. The van der Waals surface area contributed by atoms with E-state index in [0.29, 0.717) is 11.7 Å². The Morgan fingerprint density at radius 1 is 1.30 bits per heavy atom. The Bertz CT molecular complexity index is 622. The number of aryl methyl sites for hydroxylation is 2.